The van der Waals surface area contributed by atoms with Crippen LogP contribution in [0.4, 0.5) is 0 Å². The number of ether oxygens (including phenoxy) is 2. The monoisotopic (exact) mass is 384 g/mol. The molecule has 27 heavy (non-hydrogen) atoms. The molecule has 1 atom stereocenters. The highest BCUT2D eigenvalue weighted by Gasteiger charge is 2.17. The molecule has 0 saturated heterocycles. The third-order valence-electron chi connectivity index (χ3n) is 4.48. The normalized spacial score (nSPS) is 11.8. The summed E-state index contributed by atoms with van der Waals surface area (Å²) >= 11 is 1.65. The Kier molecular flexibility index (Phi) is 6.54. The largest absolute Gasteiger partial charge is 0.493 e. The van der Waals surface area contributed by atoms with E-state index in [-0.39, 0.29) is 11.9 Å². The van der Waals surface area contributed by atoms with Crippen molar-refractivity contribution in [3.05, 3.63) is 70.7 Å². The average Bonchev–Trinajstić information content (AvgIpc) is 3.40. The number of methoxy groups -OCH3 is 2. The van der Waals surface area contributed by atoms with Gasteiger partial charge < -0.3 is 19.4 Å². The molecule has 2 aromatic heterocycles. The zero-order valence-corrected chi connectivity index (χ0v) is 16.4. The van der Waals surface area contributed by atoms with Gasteiger partial charge in [-0.1, -0.05) is 6.07 Å². The lowest BCUT2D eigenvalue weighted by Crippen LogP contribution is -2.28. The van der Waals surface area contributed by atoms with E-state index in [1.54, 1.807) is 25.6 Å². The molecule has 6 heteroatoms. The molecule has 3 aromatic rings. The molecular weight excluding hydrogens is 360 g/mol. The Morgan fingerprint density at radius 1 is 1.15 bits per heavy atom. The fourth-order valence-electron chi connectivity index (χ4n) is 3.05. The Hall–Kier alpha value is -2.73. The SMILES string of the molecule is COc1ccc(CCNC(=O)CC(c2ccsc2)n2cccc2)cc1OC. The zero-order chi connectivity index (χ0) is 19.1. The van der Waals surface area contributed by atoms with Gasteiger partial charge >= 0.3 is 0 Å². The van der Waals surface area contributed by atoms with Crippen LogP contribution in [0.3, 0.4) is 0 Å². The number of carbonyl (C=O) groups excluding carboxylic acids is 1. The maximum absolute atomic E-state index is 12.5. The quantitative estimate of drug-likeness (QED) is 0.609. The molecule has 0 bridgehead atoms. The third-order valence-corrected chi connectivity index (χ3v) is 5.18. The van der Waals surface area contributed by atoms with Crippen LogP contribution in [0.25, 0.3) is 0 Å². The Labute approximate surface area is 163 Å². The van der Waals surface area contributed by atoms with Crippen molar-refractivity contribution < 1.29 is 14.3 Å². The van der Waals surface area contributed by atoms with Gasteiger partial charge in [0, 0.05) is 18.9 Å². The van der Waals surface area contributed by atoms with Gasteiger partial charge in [-0.05, 0) is 58.6 Å². The van der Waals surface area contributed by atoms with Crippen LogP contribution in [0.15, 0.2) is 59.6 Å². The Balaban J connectivity index is 1.56. The van der Waals surface area contributed by atoms with Gasteiger partial charge in [-0.3, -0.25) is 4.79 Å². The number of rotatable bonds is 9. The first-order valence-electron chi connectivity index (χ1n) is 8.83. The van der Waals surface area contributed by atoms with Crippen molar-refractivity contribution >= 4 is 17.2 Å². The van der Waals surface area contributed by atoms with Gasteiger partial charge in [-0.2, -0.15) is 11.3 Å². The van der Waals surface area contributed by atoms with Crippen LogP contribution in [0, 0.1) is 0 Å². The van der Waals surface area contributed by atoms with Crippen molar-refractivity contribution in [2.75, 3.05) is 20.8 Å². The highest BCUT2D eigenvalue weighted by atomic mass is 32.1. The lowest BCUT2D eigenvalue weighted by atomic mass is 10.1. The number of thiophene rings is 1. The van der Waals surface area contributed by atoms with E-state index in [1.807, 2.05) is 48.1 Å². The average molecular weight is 385 g/mol. The second-order valence-corrected chi connectivity index (χ2v) is 6.98. The topological polar surface area (TPSA) is 52.5 Å². The van der Waals surface area contributed by atoms with Crippen molar-refractivity contribution in [2.45, 2.75) is 18.9 Å². The summed E-state index contributed by atoms with van der Waals surface area (Å²) in [7, 11) is 3.24. The molecule has 2 heterocycles. The predicted molar refractivity (Wildman–Crippen MR) is 108 cm³/mol. The molecule has 142 valence electrons. The summed E-state index contributed by atoms with van der Waals surface area (Å²) in [5, 5.41) is 7.17. The van der Waals surface area contributed by atoms with E-state index in [1.165, 1.54) is 0 Å². The number of aromatic nitrogens is 1. The molecule has 0 aliphatic rings. The van der Waals surface area contributed by atoms with Crippen LogP contribution in [-0.2, 0) is 11.2 Å². The van der Waals surface area contributed by atoms with E-state index in [4.69, 9.17) is 9.47 Å². The van der Waals surface area contributed by atoms with Crippen molar-refractivity contribution in [3.63, 3.8) is 0 Å². The second kappa shape index (κ2) is 9.28. The van der Waals surface area contributed by atoms with E-state index in [9.17, 15) is 4.79 Å². The summed E-state index contributed by atoms with van der Waals surface area (Å²) in [6.45, 7) is 0.580. The summed E-state index contributed by atoms with van der Waals surface area (Å²) in [6.07, 6.45) is 5.15. The summed E-state index contributed by atoms with van der Waals surface area (Å²) < 4.78 is 12.7. The standard InChI is InChI=1S/C21H24N2O3S/c1-25-19-6-5-16(13-20(19)26-2)7-9-22-21(24)14-18(17-8-12-27-15-17)23-10-3-4-11-23/h3-6,8,10-13,15,18H,7,9,14H2,1-2H3,(H,22,24). The molecule has 0 fully saturated rings. The number of carbonyl (C=O) groups is 1. The first-order valence-corrected chi connectivity index (χ1v) is 9.77. The highest BCUT2D eigenvalue weighted by molar-refractivity contribution is 7.08. The number of hydrogen-bond donors (Lipinski definition) is 1. The predicted octanol–water partition coefficient (Wildman–Crippen LogP) is 3.91. The van der Waals surface area contributed by atoms with Gasteiger partial charge in [0.15, 0.2) is 11.5 Å². The molecule has 3 rings (SSSR count). The highest BCUT2D eigenvalue weighted by Crippen LogP contribution is 2.27. The summed E-state index contributed by atoms with van der Waals surface area (Å²) in [5.74, 6) is 1.45. The second-order valence-electron chi connectivity index (χ2n) is 6.20. The minimum Gasteiger partial charge on any atom is -0.493 e. The number of amides is 1. The molecule has 0 saturated carbocycles. The number of nitrogens with zero attached hydrogens (tertiary/aromatic N) is 1. The molecule has 1 aromatic carbocycles. The van der Waals surface area contributed by atoms with E-state index in [0.717, 1.165) is 17.5 Å². The summed E-state index contributed by atoms with van der Waals surface area (Å²) in [4.78, 5) is 12.5. The molecule has 1 amide bonds. The van der Waals surface area contributed by atoms with Crippen molar-refractivity contribution in [2.24, 2.45) is 0 Å². The van der Waals surface area contributed by atoms with Gasteiger partial charge in [0.2, 0.25) is 5.91 Å². The van der Waals surface area contributed by atoms with Crippen LogP contribution in [0.2, 0.25) is 0 Å². The smallest absolute Gasteiger partial charge is 0.222 e. The molecule has 0 radical (unpaired) electrons. The van der Waals surface area contributed by atoms with Gasteiger partial charge in [-0.25, -0.2) is 0 Å². The maximum atomic E-state index is 12.5. The molecule has 1 unspecified atom stereocenters. The molecule has 5 nitrogen and oxygen atoms in total. The number of benzene rings is 1. The third kappa shape index (κ3) is 4.92. The molecule has 0 aliphatic heterocycles. The van der Waals surface area contributed by atoms with E-state index >= 15 is 0 Å². The summed E-state index contributed by atoms with van der Waals surface area (Å²) in [6, 6.07) is 11.9. The Morgan fingerprint density at radius 2 is 1.93 bits per heavy atom. The Morgan fingerprint density at radius 3 is 2.59 bits per heavy atom. The van der Waals surface area contributed by atoms with Gasteiger partial charge in [0.25, 0.3) is 0 Å². The van der Waals surface area contributed by atoms with E-state index in [0.29, 0.717) is 24.5 Å². The van der Waals surface area contributed by atoms with Crippen LogP contribution in [-0.4, -0.2) is 31.2 Å². The van der Waals surface area contributed by atoms with Gasteiger partial charge in [-0.15, -0.1) is 0 Å². The van der Waals surface area contributed by atoms with Crippen molar-refractivity contribution in [1.82, 2.24) is 9.88 Å². The lowest BCUT2D eigenvalue weighted by molar-refractivity contribution is -0.121. The van der Waals surface area contributed by atoms with Gasteiger partial charge in [0.1, 0.15) is 0 Å². The molecule has 0 spiro atoms. The maximum Gasteiger partial charge on any atom is 0.222 e. The minimum atomic E-state index is 0.0207. The molecular formula is C21H24N2O3S. The minimum absolute atomic E-state index is 0.0207. The first-order chi connectivity index (χ1) is 13.2. The number of hydrogen-bond acceptors (Lipinski definition) is 4. The van der Waals surface area contributed by atoms with Crippen LogP contribution in [0.5, 0.6) is 11.5 Å². The molecule has 1 N–H and O–H groups in total. The lowest BCUT2D eigenvalue weighted by Gasteiger charge is -2.18. The molecule has 0 aliphatic carbocycles. The fraction of sp³-hybridized carbons (Fsp3) is 0.286. The Bertz CT molecular complexity index is 810. The van der Waals surface area contributed by atoms with Crippen molar-refractivity contribution in [3.8, 4) is 11.5 Å². The van der Waals surface area contributed by atoms with E-state index < -0.39 is 0 Å². The number of nitrogens with one attached hydrogen (secondary N) is 1. The van der Waals surface area contributed by atoms with Gasteiger partial charge in [0.05, 0.1) is 26.7 Å². The van der Waals surface area contributed by atoms with Crippen LogP contribution in [0.1, 0.15) is 23.6 Å². The van der Waals surface area contributed by atoms with Crippen LogP contribution < -0.4 is 14.8 Å². The van der Waals surface area contributed by atoms with Crippen molar-refractivity contribution in [1.29, 1.82) is 0 Å². The summed E-state index contributed by atoms with van der Waals surface area (Å²) in [5.41, 5.74) is 2.25. The first kappa shape index (κ1) is 19.0. The van der Waals surface area contributed by atoms with E-state index in [2.05, 4.69) is 21.3 Å². The zero-order valence-electron chi connectivity index (χ0n) is 15.6. The fourth-order valence-corrected chi connectivity index (χ4v) is 3.75. The van der Waals surface area contributed by atoms with Crippen LogP contribution >= 0.6 is 11.3 Å².